The van der Waals surface area contributed by atoms with Gasteiger partial charge >= 0.3 is 5.76 Å². The normalized spacial score (nSPS) is 13.2. The molecule has 1 rings (SSSR count). The van der Waals surface area contributed by atoms with Crippen LogP contribution in [0.1, 0.15) is 26.2 Å². The van der Waals surface area contributed by atoms with Crippen molar-refractivity contribution in [2.24, 2.45) is 5.73 Å². The third kappa shape index (κ3) is 5.05. The minimum absolute atomic E-state index is 0.144. The Balaban J connectivity index is 2.69. The summed E-state index contributed by atoms with van der Waals surface area (Å²) in [7, 11) is -4.61. The summed E-state index contributed by atoms with van der Waals surface area (Å²) in [5.41, 5.74) is 6.06. The number of hydrogen-bond acceptors (Lipinski definition) is 4. The van der Waals surface area contributed by atoms with E-state index < -0.39 is 20.5 Å². The highest BCUT2D eigenvalue weighted by Crippen LogP contribution is 2.20. The molecule has 0 aliphatic carbocycles. The van der Waals surface area contributed by atoms with Crippen molar-refractivity contribution in [3.05, 3.63) is 24.3 Å². The highest BCUT2D eigenvalue weighted by molar-refractivity contribution is 7.91. The van der Waals surface area contributed by atoms with Crippen LogP contribution < -0.4 is 11.1 Å². The first-order chi connectivity index (χ1) is 9.77. The van der Waals surface area contributed by atoms with E-state index in [1.54, 1.807) is 0 Å². The number of benzene rings is 1. The third-order valence-electron chi connectivity index (χ3n) is 2.81. The maximum Gasteiger partial charge on any atom is 0.341 e. The van der Waals surface area contributed by atoms with Gasteiger partial charge in [0.2, 0.25) is 15.7 Å². The lowest BCUT2D eigenvalue weighted by Gasteiger charge is -2.11. The summed E-state index contributed by atoms with van der Waals surface area (Å²) in [4.78, 5) is 11.2. The molecule has 0 heterocycles. The number of carbonyl (C=O) groups excluding carboxylic acids is 1. The molecule has 3 N–H and O–H groups in total. The maximum atomic E-state index is 12.4. The lowest BCUT2D eigenvalue weighted by atomic mass is 10.1. The molecule has 1 amide bonds. The number of rotatable bonds is 7. The van der Waals surface area contributed by atoms with Crippen molar-refractivity contribution in [3.63, 3.8) is 0 Å². The van der Waals surface area contributed by atoms with E-state index in [2.05, 4.69) is 5.32 Å². The van der Waals surface area contributed by atoms with Crippen LogP contribution in [0.25, 0.3) is 0 Å². The Hall–Kier alpha value is -1.54. The summed E-state index contributed by atoms with van der Waals surface area (Å²) in [5, 5.41) is 2.54. The summed E-state index contributed by atoms with van der Waals surface area (Å²) >= 11 is 0. The van der Waals surface area contributed by atoms with E-state index in [-0.39, 0.29) is 18.4 Å². The predicted octanol–water partition coefficient (Wildman–Crippen LogP) is 2.14. The molecule has 21 heavy (non-hydrogen) atoms. The Labute approximate surface area is 122 Å². The molecule has 8 heteroatoms. The lowest BCUT2D eigenvalue weighted by Crippen LogP contribution is -2.26. The van der Waals surface area contributed by atoms with E-state index in [1.165, 1.54) is 12.1 Å². The highest BCUT2D eigenvalue weighted by Gasteiger charge is 2.26. The largest absolute Gasteiger partial charge is 0.341 e. The van der Waals surface area contributed by atoms with Crippen LogP contribution in [-0.4, -0.2) is 26.1 Å². The summed E-state index contributed by atoms with van der Waals surface area (Å²) in [6.07, 6.45) is 1.73. The van der Waals surface area contributed by atoms with Crippen molar-refractivity contribution in [2.75, 3.05) is 5.32 Å². The van der Waals surface area contributed by atoms with Gasteiger partial charge in [0, 0.05) is 18.2 Å². The van der Waals surface area contributed by atoms with Crippen LogP contribution >= 0.6 is 0 Å². The zero-order valence-corrected chi connectivity index (χ0v) is 12.4. The van der Waals surface area contributed by atoms with Crippen LogP contribution in [0.5, 0.6) is 0 Å². The predicted molar refractivity (Wildman–Crippen MR) is 75.8 cm³/mol. The standard InChI is InChI=1S/C13H18F2N2O3S/c1-2-3-9(16)8-12(18)17-10-4-6-11(7-5-10)21(19,20)13(14)15/h4-7,9,13H,2-3,8,16H2,1H3,(H,17,18). The van der Waals surface area contributed by atoms with Gasteiger partial charge in [-0.3, -0.25) is 4.79 Å². The average molecular weight is 320 g/mol. The van der Waals surface area contributed by atoms with Gasteiger partial charge in [0.1, 0.15) is 0 Å². The molecule has 118 valence electrons. The molecule has 1 unspecified atom stereocenters. The van der Waals surface area contributed by atoms with Gasteiger partial charge in [-0.1, -0.05) is 13.3 Å². The number of alkyl halides is 2. The van der Waals surface area contributed by atoms with Crippen LogP contribution in [0, 0.1) is 0 Å². The van der Waals surface area contributed by atoms with Crippen molar-refractivity contribution in [3.8, 4) is 0 Å². The molecular formula is C13H18F2N2O3S. The van der Waals surface area contributed by atoms with E-state index in [0.717, 1.165) is 25.0 Å². The van der Waals surface area contributed by atoms with Crippen LogP contribution in [0.2, 0.25) is 0 Å². The fourth-order valence-electron chi connectivity index (χ4n) is 1.75. The Kier molecular flexibility index (Phi) is 6.22. The van der Waals surface area contributed by atoms with Crippen LogP contribution in [0.3, 0.4) is 0 Å². The molecule has 0 saturated heterocycles. The zero-order chi connectivity index (χ0) is 16.0. The van der Waals surface area contributed by atoms with Crippen molar-refractivity contribution in [1.29, 1.82) is 0 Å². The fourth-order valence-corrected chi connectivity index (χ4v) is 2.47. The number of amides is 1. The number of hydrogen-bond donors (Lipinski definition) is 2. The van der Waals surface area contributed by atoms with Crippen molar-refractivity contribution in [2.45, 2.75) is 42.9 Å². The van der Waals surface area contributed by atoms with Gasteiger partial charge in [-0.05, 0) is 30.7 Å². The molecule has 5 nitrogen and oxygen atoms in total. The number of anilines is 1. The van der Waals surface area contributed by atoms with Gasteiger partial charge in [-0.2, -0.15) is 8.78 Å². The van der Waals surface area contributed by atoms with Crippen LogP contribution in [0.15, 0.2) is 29.2 Å². The maximum absolute atomic E-state index is 12.4. The SMILES string of the molecule is CCCC(N)CC(=O)Nc1ccc(S(=O)(=O)C(F)F)cc1. The number of sulfone groups is 1. The first-order valence-electron chi connectivity index (χ1n) is 6.45. The van der Waals surface area contributed by atoms with Crippen molar-refractivity contribution < 1.29 is 22.0 Å². The van der Waals surface area contributed by atoms with Gasteiger partial charge in [-0.25, -0.2) is 8.42 Å². The first kappa shape index (κ1) is 17.5. The molecule has 0 fully saturated rings. The third-order valence-corrected chi connectivity index (χ3v) is 4.21. The van der Waals surface area contributed by atoms with Gasteiger partial charge in [-0.15, -0.1) is 0 Å². The van der Waals surface area contributed by atoms with E-state index >= 15 is 0 Å². The van der Waals surface area contributed by atoms with E-state index in [9.17, 15) is 22.0 Å². The van der Waals surface area contributed by atoms with Crippen molar-refractivity contribution in [1.82, 2.24) is 0 Å². The van der Waals surface area contributed by atoms with E-state index in [0.29, 0.717) is 5.69 Å². The average Bonchev–Trinajstić information content (AvgIpc) is 2.39. The summed E-state index contributed by atoms with van der Waals surface area (Å²) in [6.45, 7) is 1.96. The minimum atomic E-state index is -4.61. The topological polar surface area (TPSA) is 89.3 Å². The lowest BCUT2D eigenvalue weighted by molar-refractivity contribution is -0.116. The molecule has 0 aliphatic heterocycles. The molecular weight excluding hydrogens is 302 g/mol. The molecule has 0 bridgehead atoms. The van der Waals surface area contributed by atoms with Gasteiger partial charge in [0.05, 0.1) is 4.90 Å². The van der Waals surface area contributed by atoms with Gasteiger partial charge in [0.15, 0.2) is 0 Å². The number of halogens is 2. The Morgan fingerprint density at radius 3 is 2.33 bits per heavy atom. The highest BCUT2D eigenvalue weighted by atomic mass is 32.2. The van der Waals surface area contributed by atoms with Crippen molar-refractivity contribution >= 4 is 21.4 Å². The Morgan fingerprint density at radius 1 is 1.29 bits per heavy atom. The molecule has 0 aromatic heterocycles. The Morgan fingerprint density at radius 2 is 1.86 bits per heavy atom. The summed E-state index contributed by atoms with van der Waals surface area (Å²) in [5.74, 6) is -3.77. The molecule has 0 spiro atoms. The molecule has 0 radical (unpaired) electrons. The number of nitrogens with two attached hydrogens (primary N) is 1. The first-order valence-corrected chi connectivity index (χ1v) is 7.99. The molecule has 0 saturated carbocycles. The zero-order valence-electron chi connectivity index (χ0n) is 11.6. The Bertz CT molecular complexity index is 574. The second-order valence-corrected chi connectivity index (χ2v) is 6.55. The van der Waals surface area contributed by atoms with E-state index in [1.807, 2.05) is 6.92 Å². The van der Waals surface area contributed by atoms with Crippen LogP contribution in [0.4, 0.5) is 14.5 Å². The smallest absolute Gasteiger partial charge is 0.327 e. The molecule has 1 aromatic rings. The van der Waals surface area contributed by atoms with Gasteiger partial charge < -0.3 is 11.1 Å². The molecule has 0 aliphatic rings. The summed E-state index contributed by atoms with van der Waals surface area (Å²) < 4.78 is 47.2. The molecule has 1 atom stereocenters. The van der Waals surface area contributed by atoms with E-state index in [4.69, 9.17) is 5.73 Å². The monoisotopic (exact) mass is 320 g/mol. The minimum Gasteiger partial charge on any atom is -0.327 e. The fraction of sp³-hybridized carbons (Fsp3) is 0.462. The second kappa shape index (κ2) is 7.46. The quantitative estimate of drug-likeness (QED) is 0.805. The summed E-state index contributed by atoms with van der Waals surface area (Å²) in [6, 6.07) is 4.34. The molecule has 1 aromatic carbocycles. The number of carbonyl (C=O) groups is 1. The van der Waals surface area contributed by atoms with Crippen LogP contribution in [-0.2, 0) is 14.6 Å². The van der Waals surface area contributed by atoms with Gasteiger partial charge in [0.25, 0.3) is 0 Å². The second-order valence-electron chi connectivity index (χ2n) is 4.63. The number of nitrogens with one attached hydrogen (secondary N) is 1.